The van der Waals surface area contributed by atoms with Crippen LogP contribution in [0, 0.1) is 0 Å². The molecule has 3 heterocycles. The van der Waals surface area contributed by atoms with Crippen LogP contribution in [0.25, 0.3) is 10.9 Å². The summed E-state index contributed by atoms with van der Waals surface area (Å²) in [6.07, 6.45) is 2.16. The molecule has 0 bridgehead atoms. The summed E-state index contributed by atoms with van der Waals surface area (Å²) in [5, 5.41) is 12.2. The number of fused-ring (bicyclic) bond motifs is 1. The van der Waals surface area contributed by atoms with Crippen molar-refractivity contribution in [2.75, 3.05) is 36.5 Å². The number of carbonyl (C=O) groups excluding carboxylic acids is 1. The van der Waals surface area contributed by atoms with Gasteiger partial charge in [0.1, 0.15) is 0 Å². The number of nitrogens with zero attached hydrogens (tertiary/aromatic N) is 3. The molecule has 2 N–H and O–H groups in total. The standard InChI is InChI=1S/C18H19N5O2/c24-18(11-13-12-19-15-4-2-1-3-14(13)15)20-16-5-6-17(22-21-16)23-7-9-25-10-8-23/h1-6,12,19H,7-11H2,(H,20,21,24). The van der Waals surface area contributed by atoms with Crippen LogP contribution in [0.3, 0.4) is 0 Å². The van der Waals surface area contributed by atoms with E-state index in [-0.39, 0.29) is 12.3 Å². The third-order valence-corrected chi connectivity index (χ3v) is 4.28. The van der Waals surface area contributed by atoms with Gasteiger partial charge < -0.3 is 19.9 Å². The highest BCUT2D eigenvalue weighted by molar-refractivity contribution is 5.95. The first-order chi connectivity index (χ1) is 12.3. The number of carbonyl (C=O) groups is 1. The van der Waals surface area contributed by atoms with Gasteiger partial charge in [0.15, 0.2) is 11.6 Å². The number of amides is 1. The summed E-state index contributed by atoms with van der Waals surface area (Å²) >= 11 is 0. The number of para-hydroxylation sites is 1. The number of benzene rings is 1. The molecule has 4 rings (SSSR count). The minimum atomic E-state index is -0.113. The maximum atomic E-state index is 12.3. The third kappa shape index (κ3) is 3.46. The Labute approximate surface area is 145 Å². The summed E-state index contributed by atoms with van der Waals surface area (Å²) in [6, 6.07) is 11.6. The van der Waals surface area contributed by atoms with E-state index in [1.54, 1.807) is 6.07 Å². The van der Waals surface area contributed by atoms with Crippen LogP contribution in [0.1, 0.15) is 5.56 Å². The largest absolute Gasteiger partial charge is 0.378 e. The van der Waals surface area contributed by atoms with Crippen molar-refractivity contribution < 1.29 is 9.53 Å². The number of anilines is 2. The molecule has 25 heavy (non-hydrogen) atoms. The molecule has 0 aliphatic carbocycles. The molecule has 0 spiro atoms. The van der Waals surface area contributed by atoms with E-state index in [1.807, 2.05) is 36.5 Å². The van der Waals surface area contributed by atoms with Crippen molar-refractivity contribution in [1.82, 2.24) is 15.2 Å². The van der Waals surface area contributed by atoms with Crippen LogP contribution in [0.15, 0.2) is 42.6 Å². The van der Waals surface area contributed by atoms with E-state index < -0.39 is 0 Å². The molecule has 1 aliphatic rings. The normalized spacial score (nSPS) is 14.6. The molecule has 7 heteroatoms. The Hall–Kier alpha value is -2.93. The van der Waals surface area contributed by atoms with E-state index in [0.717, 1.165) is 35.4 Å². The maximum Gasteiger partial charge on any atom is 0.230 e. The zero-order valence-corrected chi connectivity index (χ0v) is 13.7. The van der Waals surface area contributed by atoms with Crippen molar-refractivity contribution in [1.29, 1.82) is 0 Å². The molecule has 1 saturated heterocycles. The molecule has 7 nitrogen and oxygen atoms in total. The highest BCUT2D eigenvalue weighted by atomic mass is 16.5. The van der Waals surface area contributed by atoms with Gasteiger partial charge in [-0.25, -0.2) is 0 Å². The summed E-state index contributed by atoms with van der Waals surface area (Å²) < 4.78 is 5.33. The van der Waals surface area contributed by atoms with Gasteiger partial charge in [-0.15, -0.1) is 10.2 Å². The van der Waals surface area contributed by atoms with Crippen molar-refractivity contribution in [2.24, 2.45) is 0 Å². The quantitative estimate of drug-likeness (QED) is 0.760. The first kappa shape index (κ1) is 15.6. The fourth-order valence-electron chi connectivity index (χ4n) is 2.99. The second kappa shape index (κ2) is 6.90. The van der Waals surface area contributed by atoms with Gasteiger partial charge in [-0.1, -0.05) is 18.2 Å². The second-order valence-corrected chi connectivity index (χ2v) is 5.96. The van der Waals surface area contributed by atoms with E-state index in [4.69, 9.17) is 4.74 Å². The zero-order valence-electron chi connectivity index (χ0n) is 13.7. The number of ether oxygens (including phenoxy) is 1. The minimum Gasteiger partial charge on any atom is -0.378 e. The number of rotatable bonds is 4. The van der Waals surface area contributed by atoms with Crippen LogP contribution in [-0.2, 0) is 16.0 Å². The first-order valence-electron chi connectivity index (χ1n) is 8.31. The van der Waals surface area contributed by atoms with Crippen LogP contribution >= 0.6 is 0 Å². The Morgan fingerprint density at radius 1 is 1.16 bits per heavy atom. The number of hydrogen-bond acceptors (Lipinski definition) is 5. The molecule has 1 aliphatic heterocycles. The number of aromatic nitrogens is 3. The molecule has 0 radical (unpaired) electrons. The lowest BCUT2D eigenvalue weighted by Gasteiger charge is -2.27. The van der Waals surface area contributed by atoms with Gasteiger partial charge in [-0.05, 0) is 23.8 Å². The van der Waals surface area contributed by atoms with Gasteiger partial charge >= 0.3 is 0 Å². The van der Waals surface area contributed by atoms with E-state index >= 15 is 0 Å². The molecular formula is C18H19N5O2. The van der Waals surface area contributed by atoms with Gasteiger partial charge in [0, 0.05) is 30.2 Å². The van der Waals surface area contributed by atoms with E-state index in [1.165, 1.54) is 0 Å². The molecule has 0 unspecified atom stereocenters. The Morgan fingerprint density at radius 2 is 2.00 bits per heavy atom. The number of H-pyrrole nitrogens is 1. The summed E-state index contributed by atoms with van der Waals surface area (Å²) in [7, 11) is 0. The van der Waals surface area contributed by atoms with Gasteiger partial charge in [-0.2, -0.15) is 0 Å². The van der Waals surface area contributed by atoms with Gasteiger partial charge in [0.2, 0.25) is 5.91 Å². The van der Waals surface area contributed by atoms with Crippen molar-refractivity contribution in [3.8, 4) is 0 Å². The van der Waals surface area contributed by atoms with Crippen LogP contribution < -0.4 is 10.2 Å². The van der Waals surface area contributed by atoms with Gasteiger partial charge in [0.05, 0.1) is 19.6 Å². The van der Waals surface area contributed by atoms with Crippen molar-refractivity contribution in [2.45, 2.75) is 6.42 Å². The minimum absolute atomic E-state index is 0.113. The molecule has 0 atom stereocenters. The molecule has 3 aromatic rings. The SMILES string of the molecule is O=C(Cc1c[nH]c2ccccc12)Nc1ccc(N2CCOCC2)nn1. The highest BCUT2D eigenvalue weighted by Gasteiger charge is 2.14. The average molecular weight is 337 g/mol. The summed E-state index contributed by atoms with van der Waals surface area (Å²) in [6.45, 7) is 3.01. The number of morpholine rings is 1. The summed E-state index contributed by atoms with van der Waals surface area (Å²) in [5.41, 5.74) is 1.99. The average Bonchev–Trinajstić information content (AvgIpc) is 3.06. The number of nitrogens with one attached hydrogen (secondary N) is 2. The number of aromatic amines is 1. The Kier molecular flexibility index (Phi) is 4.30. The number of hydrogen-bond donors (Lipinski definition) is 2. The molecule has 2 aromatic heterocycles. The summed E-state index contributed by atoms with van der Waals surface area (Å²) in [4.78, 5) is 17.6. The molecular weight excluding hydrogens is 318 g/mol. The molecule has 1 fully saturated rings. The Balaban J connectivity index is 1.40. The van der Waals surface area contributed by atoms with Crippen molar-refractivity contribution in [3.63, 3.8) is 0 Å². The molecule has 1 amide bonds. The third-order valence-electron chi connectivity index (χ3n) is 4.28. The predicted octanol–water partition coefficient (Wildman–Crippen LogP) is 1.98. The fraction of sp³-hybridized carbons (Fsp3) is 0.278. The van der Waals surface area contributed by atoms with Crippen molar-refractivity contribution >= 4 is 28.4 Å². The van der Waals surface area contributed by atoms with Crippen LogP contribution in [0.2, 0.25) is 0 Å². The fourth-order valence-corrected chi connectivity index (χ4v) is 2.99. The van der Waals surface area contributed by atoms with E-state index in [2.05, 4.69) is 25.4 Å². The van der Waals surface area contributed by atoms with Gasteiger partial charge in [0.25, 0.3) is 0 Å². The zero-order chi connectivity index (χ0) is 17.1. The van der Waals surface area contributed by atoms with Crippen LogP contribution in [0.5, 0.6) is 0 Å². The highest BCUT2D eigenvalue weighted by Crippen LogP contribution is 2.19. The van der Waals surface area contributed by atoms with Crippen LogP contribution in [-0.4, -0.2) is 47.4 Å². The lowest BCUT2D eigenvalue weighted by atomic mass is 10.1. The molecule has 0 saturated carbocycles. The molecule has 128 valence electrons. The Bertz CT molecular complexity index is 869. The monoisotopic (exact) mass is 337 g/mol. The lowest BCUT2D eigenvalue weighted by molar-refractivity contribution is -0.115. The topological polar surface area (TPSA) is 83.1 Å². The smallest absolute Gasteiger partial charge is 0.230 e. The lowest BCUT2D eigenvalue weighted by Crippen LogP contribution is -2.36. The summed E-state index contributed by atoms with van der Waals surface area (Å²) in [5.74, 6) is 1.15. The second-order valence-electron chi connectivity index (χ2n) is 5.96. The first-order valence-corrected chi connectivity index (χ1v) is 8.31. The van der Waals surface area contributed by atoms with Crippen LogP contribution in [0.4, 0.5) is 11.6 Å². The predicted molar refractivity (Wildman–Crippen MR) is 95.7 cm³/mol. The van der Waals surface area contributed by atoms with E-state index in [9.17, 15) is 4.79 Å². The van der Waals surface area contributed by atoms with E-state index in [0.29, 0.717) is 19.0 Å². The van der Waals surface area contributed by atoms with Gasteiger partial charge in [-0.3, -0.25) is 4.79 Å². The maximum absolute atomic E-state index is 12.3. The Morgan fingerprint density at radius 3 is 2.80 bits per heavy atom. The molecule has 1 aromatic carbocycles. The van der Waals surface area contributed by atoms with Crippen molar-refractivity contribution in [3.05, 3.63) is 48.2 Å².